The zero-order valence-corrected chi connectivity index (χ0v) is 14.6. The van der Waals surface area contributed by atoms with Crippen LogP contribution in [-0.4, -0.2) is 61.9 Å². The van der Waals surface area contributed by atoms with E-state index in [2.05, 4.69) is 0 Å². The van der Waals surface area contributed by atoms with Crippen LogP contribution in [0.1, 0.15) is 27.3 Å². The molecule has 2 amide bonds. The molecule has 1 fully saturated rings. The Morgan fingerprint density at radius 2 is 1.56 bits per heavy atom. The maximum absolute atomic E-state index is 12.7. The highest BCUT2D eigenvalue weighted by Gasteiger charge is 2.24. The third kappa shape index (κ3) is 3.84. The first-order chi connectivity index (χ1) is 12.1. The molecule has 25 heavy (non-hydrogen) atoms. The van der Waals surface area contributed by atoms with Crippen LogP contribution in [0.3, 0.4) is 0 Å². The monoisotopic (exact) mass is 341 g/mol. The van der Waals surface area contributed by atoms with E-state index < -0.39 is 0 Å². The Kier molecular flexibility index (Phi) is 5.07. The summed E-state index contributed by atoms with van der Waals surface area (Å²) in [6.45, 7) is 2.32. The van der Waals surface area contributed by atoms with E-state index in [-0.39, 0.29) is 11.8 Å². The zero-order valence-electron chi connectivity index (χ0n) is 14.6. The average Bonchev–Trinajstić information content (AvgIpc) is 3.05. The molecule has 2 aromatic rings. The number of rotatable bonds is 3. The lowest BCUT2D eigenvalue weighted by atomic mass is 10.1. The fourth-order valence-corrected chi connectivity index (χ4v) is 2.96. The smallest absolute Gasteiger partial charge is 0.289 e. The highest BCUT2D eigenvalue weighted by atomic mass is 16.3. The van der Waals surface area contributed by atoms with Gasteiger partial charge in [-0.3, -0.25) is 9.59 Å². The number of furan rings is 1. The summed E-state index contributed by atoms with van der Waals surface area (Å²) in [6.07, 6.45) is 2.26. The molecule has 6 heteroatoms. The molecule has 1 aliphatic rings. The molecule has 2 heterocycles. The van der Waals surface area contributed by atoms with Crippen LogP contribution in [0.15, 0.2) is 47.1 Å². The van der Waals surface area contributed by atoms with E-state index in [1.165, 1.54) is 6.26 Å². The van der Waals surface area contributed by atoms with Crippen LogP contribution >= 0.6 is 0 Å². The Labute approximate surface area is 147 Å². The summed E-state index contributed by atoms with van der Waals surface area (Å²) < 4.78 is 5.19. The Bertz CT molecular complexity index is 723. The normalized spacial score (nSPS) is 15.0. The van der Waals surface area contributed by atoms with Gasteiger partial charge in [0.2, 0.25) is 0 Å². The molecule has 0 spiro atoms. The summed E-state index contributed by atoms with van der Waals surface area (Å²) in [6, 6.07) is 11.0. The summed E-state index contributed by atoms with van der Waals surface area (Å²) >= 11 is 0. The molecule has 0 N–H and O–H groups in total. The lowest BCUT2D eigenvalue weighted by Crippen LogP contribution is -2.37. The van der Waals surface area contributed by atoms with Gasteiger partial charge in [0.1, 0.15) is 0 Å². The highest BCUT2D eigenvalue weighted by Crippen LogP contribution is 2.16. The van der Waals surface area contributed by atoms with Gasteiger partial charge in [-0.1, -0.05) is 0 Å². The maximum atomic E-state index is 12.7. The minimum atomic E-state index is -0.116. The molecule has 0 bridgehead atoms. The fraction of sp³-hybridized carbons (Fsp3) is 0.368. The van der Waals surface area contributed by atoms with Crippen molar-refractivity contribution in [3.63, 3.8) is 0 Å². The van der Waals surface area contributed by atoms with Gasteiger partial charge in [0, 0.05) is 51.5 Å². The van der Waals surface area contributed by atoms with Crippen molar-refractivity contribution in [2.75, 3.05) is 45.2 Å². The third-order valence-corrected chi connectivity index (χ3v) is 4.43. The van der Waals surface area contributed by atoms with Crippen molar-refractivity contribution in [3.8, 4) is 0 Å². The van der Waals surface area contributed by atoms with E-state index in [1.807, 2.05) is 48.2 Å². The number of carbonyl (C=O) groups is 2. The number of benzene rings is 1. The van der Waals surface area contributed by atoms with E-state index in [9.17, 15) is 9.59 Å². The van der Waals surface area contributed by atoms with Crippen molar-refractivity contribution in [2.45, 2.75) is 6.42 Å². The number of anilines is 1. The second-order valence-electron chi connectivity index (χ2n) is 6.36. The van der Waals surface area contributed by atoms with Crippen LogP contribution in [0, 0.1) is 0 Å². The standard InChI is InChI=1S/C19H23N3O3/c1-20(2)16-8-6-15(7-9-16)18(23)21-10-4-11-22(13-12-21)19(24)17-5-3-14-25-17/h3,5-9,14H,4,10-13H2,1-2H3. The van der Waals surface area contributed by atoms with Gasteiger partial charge >= 0.3 is 0 Å². The first kappa shape index (κ1) is 17.1. The highest BCUT2D eigenvalue weighted by molar-refractivity contribution is 5.95. The number of nitrogens with zero attached hydrogens (tertiary/aromatic N) is 3. The molecule has 6 nitrogen and oxygen atoms in total. The summed E-state index contributed by atoms with van der Waals surface area (Å²) in [5.74, 6) is 0.242. The van der Waals surface area contributed by atoms with Crippen LogP contribution in [-0.2, 0) is 0 Å². The van der Waals surface area contributed by atoms with Gasteiger partial charge in [-0.15, -0.1) is 0 Å². The fourth-order valence-electron chi connectivity index (χ4n) is 2.96. The number of carbonyl (C=O) groups excluding carboxylic acids is 2. The molecular weight excluding hydrogens is 318 g/mol. The zero-order chi connectivity index (χ0) is 17.8. The molecule has 1 aromatic carbocycles. The summed E-state index contributed by atoms with van der Waals surface area (Å²) in [5.41, 5.74) is 1.74. The van der Waals surface area contributed by atoms with E-state index in [4.69, 9.17) is 4.42 Å². The van der Waals surface area contributed by atoms with E-state index in [0.717, 1.165) is 12.1 Å². The van der Waals surface area contributed by atoms with Crippen molar-refractivity contribution in [1.29, 1.82) is 0 Å². The summed E-state index contributed by atoms with van der Waals surface area (Å²) in [7, 11) is 3.94. The van der Waals surface area contributed by atoms with E-state index in [0.29, 0.717) is 37.5 Å². The second-order valence-corrected chi connectivity index (χ2v) is 6.36. The van der Waals surface area contributed by atoms with Gasteiger partial charge in [0.15, 0.2) is 5.76 Å². The van der Waals surface area contributed by atoms with Crippen molar-refractivity contribution < 1.29 is 14.0 Å². The quantitative estimate of drug-likeness (QED) is 0.860. The van der Waals surface area contributed by atoms with Crippen LogP contribution in [0.2, 0.25) is 0 Å². The molecule has 1 aliphatic heterocycles. The molecule has 132 valence electrons. The lowest BCUT2D eigenvalue weighted by molar-refractivity contribution is 0.0700. The van der Waals surface area contributed by atoms with E-state index >= 15 is 0 Å². The average molecular weight is 341 g/mol. The molecule has 0 atom stereocenters. The molecular formula is C19H23N3O3. The van der Waals surface area contributed by atoms with Crippen molar-refractivity contribution in [3.05, 3.63) is 54.0 Å². The number of amides is 2. The Balaban J connectivity index is 1.64. The first-order valence-electron chi connectivity index (χ1n) is 8.45. The van der Waals surface area contributed by atoms with Crippen molar-refractivity contribution in [2.24, 2.45) is 0 Å². The minimum absolute atomic E-state index is 0.0117. The predicted octanol–water partition coefficient (Wildman–Crippen LogP) is 2.33. The molecule has 0 radical (unpaired) electrons. The summed E-state index contributed by atoms with van der Waals surface area (Å²) in [5, 5.41) is 0. The van der Waals surface area contributed by atoms with Crippen LogP contribution in [0.5, 0.6) is 0 Å². The van der Waals surface area contributed by atoms with Crippen LogP contribution in [0.25, 0.3) is 0 Å². The number of hydrogen-bond acceptors (Lipinski definition) is 4. The van der Waals surface area contributed by atoms with Gasteiger partial charge in [-0.25, -0.2) is 0 Å². The molecule has 0 saturated carbocycles. The topological polar surface area (TPSA) is 57.0 Å². The molecule has 0 unspecified atom stereocenters. The largest absolute Gasteiger partial charge is 0.459 e. The maximum Gasteiger partial charge on any atom is 0.289 e. The minimum Gasteiger partial charge on any atom is -0.459 e. The van der Waals surface area contributed by atoms with Gasteiger partial charge in [0.25, 0.3) is 11.8 Å². The second kappa shape index (κ2) is 7.42. The SMILES string of the molecule is CN(C)c1ccc(C(=O)N2CCCN(C(=O)c3ccco3)CC2)cc1. The Morgan fingerprint density at radius 3 is 2.12 bits per heavy atom. The first-order valence-corrected chi connectivity index (χ1v) is 8.45. The lowest BCUT2D eigenvalue weighted by Gasteiger charge is -2.22. The molecule has 1 aromatic heterocycles. The Hall–Kier alpha value is -2.76. The predicted molar refractivity (Wildman–Crippen MR) is 95.9 cm³/mol. The van der Waals surface area contributed by atoms with Crippen LogP contribution in [0.4, 0.5) is 5.69 Å². The molecule has 3 rings (SSSR count). The van der Waals surface area contributed by atoms with Crippen molar-refractivity contribution in [1.82, 2.24) is 9.80 Å². The van der Waals surface area contributed by atoms with Crippen molar-refractivity contribution >= 4 is 17.5 Å². The van der Waals surface area contributed by atoms with Gasteiger partial charge in [0.05, 0.1) is 6.26 Å². The molecule has 0 aliphatic carbocycles. The van der Waals surface area contributed by atoms with E-state index in [1.54, 1.807) is 17.0 Å². The third-order valence-electron chi connectivity index (χ3n) is 4.43. The van der Waals surface area contributed by atoms with Gasteiger partial charge in [-0.05, 0) is 42.8 Å². The Morgan fingerprint density at radius 1 is 0.920 bits per heavy atom. The molecule has 1 saturated heterocycles. The van der Waals surface area contributed by atoms with Crippen LogP contribution < -0.4 is 4.90 Å². The van der Waals surface area contributed by atoms with Gasteiger partial charge < -0.3 is 19.1 Å². The summed E-state index contributed by atoms with van der Waals surface area (Å²) in [4.78, 5) is 30.7. The number of hydrogen-bond donors (Lipinski definition) is 0. The van der Waals surface area contributed by atoms with Gasteiger partial charge in [-0.2, -0.15) is 0 Å².